The average molecular weight is 397 g/mol. The van der Waals surface area contributed by atoms with E-state index in [-0.39, 0.29) is 0 Å². The zero-order valence-corrected chi connectivity index (χ0v) is 18.3. The second-order valence-electron chi connectivity index (χ2n) is 8.68. The summed E-state index contributed by atoms with van der Waals surface area (Å²) >= 11 is 4.17. The van der Waals surface area contributed by atoms with Crippen LogP contribution in [0.25, 0.3) is 0 Å². The van der Waals surface area contributed by atoms with Crippen LogP contribution in [-0.4, -0.2) is 11.5 Å². The number of thioether (sulfide) groups is 2. The van der Waals surface area contributed by atoms with E-state index in [0.717, 1.165) is 23.7 Å². The van der Waals surface area contributed by atoms with Gasteiger partial charge in [-0.2, -0.15) is 0 Å². The van der Waals surface area contributed by atoms with Gasteiger partial charge in [0.1, 0.15) is 0 Å². The number of fused-ring (bicyclic) bond motifs is 2. The normalized spacial score (nSPS) is 27.5. The molecule has 0 heterocycles. The Bertz CT molecular complexity index is 655. The summed E-state index contributed by atoms with van der Waals surface area (Å²) in [6, 6.07) is 18.2. The third kappa shape index (κ3) is 5.15. The molecular weight excluding hydrogens is 364 g/mol. The van der Waals surface area contributed by atoms with E-state index in [1.807, 2.05) is 0 Å². The van der Waals surface area contributed by atoms with Crippen molar-refractivity contribution in [3.63, 3.8) is 0 Å². The average Bonchev–Trinajstić information content (AvgIpc) is 2.69. The molecule has 0 saturated heterocycles. The number of aryl methyl sites for hydroxylation is 2. The van der Waals surface area contributed by atoms with E-state index in [2.05, 4.69) is 85.9 Å². The first-order chi connectivity index (χ1) is 13.2. The van der Waals surface area contributed by atoms with Crippen molar-refractivity contribution in [2.75, 3.05) is 11.5 Å². The minimum atomic E-state index is 0.943. The lowest BCUT2D eigenvalue weighted by Crippen LogP contribution is -2.36. The first kappa shape index (κ1) is 19.5. The van der Waals surface area contributed by atoms with Crippen LogP contribution in [0.5, 0.6) is 0 Å². The monoisotopic (exact) mass is 396 g/mol. The second-order valence-corrected chi connectivity index (χ2v) is 10.9. The van der Waals surface area contributed by atoms with Gasteiger partial charge in [0.25, 0.3) is 0 Å². The molecule has 0 aliphatic heterocycles. The summed E-state index contributed by atoms with van der Waals surface area (Å²) in [7, 11) is 0. The van der Waals surface area contributed by atoms with Gasteiger partial charge in [0.15, 0.2) is 0 Å². The molecule has 2 aliphatic rings. The van der Waals surface area contributed by atoms with Crippen molar-refractivity contribution in [1.29, 1.82) is 0 Å². The minimum Gasteiger partial charge on any atom is -0.126 e. The first-order valence-corrected chi connectivity index (χ1v) is 12.5. The van der Waals surface area contributed by atoms with E-state index >= 15 is 0 Å². The summed E-state index contributed by atoms with van der Waals surface area (Å²) in [6.07, 6.45) is 7.35. The largest absolute Gasteiger partial charge is 0.126 e. The van der Waals surface area contributed by atoms with Crippen LogP contribution in [0.2, 0.25) is 0 Å². The Kier molecular flexibility index (Phi) is 6.55. The Hall–Kier alpha value is -0.860. The molecule has 0 aromatic heterocycles. The Morgan fingerprint density at radius 3 is 1.44 bits per heavy atom. The quantitative estimate of drug-likeness (QED) is 0.460. The van der Waals surface area contributed by atoms with Gasteiger partial charge in [0, 0.05) is 21.3 Å². The lowest BCUT2D eigenvalue weighted by atomic mass is 9.63. The highest BCUT2D eigenvalue weighted by Gasteiger charge is 2.38. The van der Waals surface area contributed by atoms with Gasteiger partial charge in [0.05, 0.1) is 0 Å². The topological polar surface area (TPSA) is 0 Å². The minimum absolute atomic E-state index is 0.943. The number of benzene rings is 2. The maximum atomic E-state index is 2.30. The summed E-state index contributed by atoms with van der Waals surface area (Å²) in [6.45, 7) is 4.34. The molecule has 2 fully saturated rings. The van der Waals surface area contributed by atoms with Crippen LogP contribution in [0, 0.1) is 37.5 Å². The summed E-state index contributed by atoms with van der Waals surface area (Å²) < 4.78 is 0. The van der Waals surface area contributed by atoms with Gasteiger partial charge in [-0.15, -0.1) is 23.5 Å². The molecule has 0 N–H and O–H groups in total. The zero-order valence-electron chi connectivity index (χ0n) is 16.7. The molecule has 0 unspecified atom stereocenters. The molecule has 0 amide bonds. The van der Waals surface area contributed by atoms with Crippen molar-refractivity contribution in [3.05, 3.63) is 59.7 Å². The SMILES string of the molecule is Cc1ccc(SC[C@H]2CC[C@H]3C[C@@H]2CC[C@H]3CSc2ccc(C)cc2)cc1. The van der Waals surface area contributed by atoms with E-state index in [1.54, 1.807) is 0 Å². The number of rotatable bonds is 6. The van der Waals surface area contributed by atoms with Crippen molar-refractivity contribution in [1.82, 2.24) is 0 Å². The summed E-state index contributed by atoms with van der Waals surface area (Å²) in [4.78, 5) is 2.90. The molecule has 2 heteroatoms. The molecule has 27 heavy (non-hydrogen) atoms. The zero-order chi connectivity index (χ0) is 18.6. The van der Waals surface area contributed by atoms with Gasteiger partial charge in [-0.1, -0.05) is 35.4 Å². The van der Waals surface area contributed by atoms with Gasteiger partial charge >= 0.3 is 0 Å². The van der Waals surface area contributed by atoms with Crippen molar-refractivity contribution >= 4 is 23.5 Å². The van der Waals surface area contributed by atoms with Crippen LogP contribution < -0.4 is 0 Å². The Balaban J connectivity index is 1.25. The molecule has 4 rings (SSSR count). The van der Waals surface area contributed by atoms with Crippen LogP contribution in [0.4, 0.5) is 0 Å². The molecule has 0 nitrogen and oxygen atoms in total. The highest BCUT2D eigenvalue weighted by Crippen LogP contribution is 2.48. The van der Waals surface area contributed by atoms with Crippen molar-refractivity contribution < 1.29 is 0 Å². The van der Waals surface area contributed by atoms with Crippen LogP contribution in [0.1, 0.15) is 43.2 Å². The van der Waals surface area contributed by atoms with Crippen LogP contribution >= 0.6 is 23.5 Å². The molecular formula is C25H32S2. The molecule has 144 valence electrons. The third-order valence-electron chi connectivity index (χ3n) is 6.73. The second kappa shape index (κ2) is 9.09. The van der Waals surface area contributed by atoms with E-state index in [4.69, 9.17) is 0 Å². The smallest absolute Gasteiger partial charge is 0.00722 e. The predicted octanol–water partition coefficient (Wildman–Crippen LogP) is 7.63. The number of hydrogen-bond donors (Lipinski definition) is 0. The molecule has 2 aromatic rings. The molecule has 4 atom stereocenters. The lowest BCUT2D eigenvalue weighted by Gasteiger charge is -2.44. The fourth-order valence-corrected chi connectivity index (χ4v) is 7.27. The standard InChI is InChI=1S/C25H32S2/c1-18-3-11-24(12-4-18)26-16-22-9-7-21-15-20(22)8-10-23(21)17-27-25-13-5-19(2)6-14-25/h3-6,11-14,20-23H,7-10,15-17H2,1-2H3/t20-,21-,22-,23+/m0/s1. The van der Waals surface area contributed by atoms with Crippen LogP contribution in [-0.2, 0) is 0 Å². The fraction of sp³-hybridized carbons (Fsp3) is 0.520. The fourth-order valence-electron chi connectivity index (χ4n) is 4.92. The Morgan fingerprint density at radius 2 is 1.04 bits per heavy atom. The highest BCUT2D eigenvalue weighted by atomic mass is 32.2. The summed E-state index contributed by atoms with van der Waals surface area (Å²) in [5.74, 6) is 6.51. The number of hydrogen-bond acceptors (Lipinski definition) is 2. The Morgan fingerprint density at radius 1 is 0.630 bits per heavy atom. The van der Waals surface area contributed by atoms with Crippen LogP contribution in [0.15, 0.2) is 58.3 Å². The maximum Gasteiger partial charge on any atom is 0.00722 e. The van der Waals surface area contributed by atoms with Gasteiger partial charge in [-0.3, -0.25) is 0 Å². The third-order valence-corrected chi connectivity index (χ3v) is 9.13. The van der Waals surface area contributed by atoms with Crippen LogP contribution in [0.3, 0.4) is 0 Å². The molecule has 0 spiro atoms. The van der Waals surface area contributed by atoms with Gasteiger partial charge in [0.2, 0.25) is 0 Å². The van der Waals surface area contributed by atoms with Gasteiger partial charge in [-0.25, -0.2) is 0 Å². The van der Waals surface area contributed by atoms with E-state index in [1.165, 1.54) is 64.5 Å². The Labute approximate surface area is 173 Å². The molecule has 2 aliphatic carbocycles. The molecule has 0 radical (unpaired) electrons. The van der Waals surface area contributed by atoms with E-state index in [0.29, 0.717) is 0 Å². The predicted molar refractivity (Wildman–Crippen MR) is 121 cm³/mol. The summed E-state index contributed by atoms with van der Waals surface area (Å²) in [5, 5.41) is 0. The van der Waals surface area contributed by atoms with Crippen molar-refractivity contribution in [2.45, 2.75) is 55.7 Å². The maximum absolute atomic E-state index is 2.30. The molecule has 2 aromatic carbocycles. The van der Waals surface area contributed by atoms with Gasteiger partial charge in [-0.05, 0) is 93.9 Å². The van der Waals surface area contributed by atoms with Crippen molar-refractivity contribution in [3.8, 4) is 0 Å². The van der Waals surface area contributed by atoms with E-state index < -0.39 is 0 Å². The van der Waals surface area contributed by atoms with Crippen molar-refractivity contribution in [2.24, 2.45) is 23.7 Å². The summed E-state index contributed by atoms with van der Waals surface area (Å²) in [5.41, 5.74) is 2.73. The van der Waals surface area contributed by atoms with E-state index in [9.17, 15) is 0 Å². The first-order valence-electron chi connectivity index (χ1n) is 10.6. The highest BCUT2D eigenvalue weighted by molar-refractivity contribution is 7.99. The lowest BCUT2D eigenvalue weighted by molar-refractivity contribution is 0.0933. The van der Waals surface area contributed by atoms with Gasteiger partial charge < -0.3 is 0 Å². The molecule has 2 bridgehead atoms. The molecule has 2 saturated carbocycles.